The molecule has 0 aliphatic carbocycles. The van der Waals surface area contributed by atoms with Crippen LogP contribution in [0.4, 0.5) is 17.5 Å². The Kier molecular flexibility index (Phi) is 5.11. The third-order valence-electron chi connectivity index (χ3n) is 3.49. The number of nitrogens with one attached hydrogen (secondary N) is 2. The minimum atomic E-state index is 0.583. The number of anilines is 3. The number of hydrogen-bond donors (Lipinski definition) is 2. The van der Waals surface area contributed by atoms with Crippen LogP contribution in [0.5, 0.6) is 0 Å². The lowest BCUT2D eigenvalue weighted by Gasteiger charge is -2.10. The van der Waals surface area contributed by atoms with E-state index in [0.717, 1.165) is 28.2 Å². The van der Waals surface area contributed by atoms with Crippen LogP contribution >= 0.6 is 15.9 Å². The average Bonchev–Trinajstić information content (AvgIpc) is 2.52. The summed E-state index contributed by atoms with van der Waals surface area (Å²) < 4.78 is 1.01. The first-order chi connectivity index (χ1) is 11.6. The molecule has 122 valence electrons. The van der Waals surface area contributed by atoms with Gasteiger partial charge < -0.3 is 10.6 Å². The number of benzene rings is 2. The molecule has 0 bridgehead atoms. The summed E-state index contributed by atoms with van der Waals surface area (Å²) in [5.41, 5.74) is 4.34. The number of aryl methyl sites for hydroxylation is 2. The number of nitrogens with zero attached hydrogens (tertiary/aromatic N) is 2. The van der Waals surface area contributed by atoms with E-state index < -0.39 is 0 Å². The van der Waals surface area contributed by atoms with Crippen LogP contribution in [0.1, 0.15) is 16.8 Å². The minimum absolute atomic E-state index is 0.583. The zero-order valence-corrected chi connectivity index (χ0v) is 15.3. The fraction of sp³-hybridized carbons (Fsp3) is 0.158. The van der Waals surface area contributed by atoms with Crippen molar-refractivity contribution in [1.82, 2.24) is 9.97 Å². The molecule has 0 radical (unpaired) electrons. The maximum Gasteiger partial charge on any atom is 0.229 e. The molecule has 0 saturated heterocycles. The van der Waals surface area contributed by atoms with E-state index in [1.165, 1.54) is 11.1 Å². The van der Waals surface area contributed by atoms with Crippen molar-refractivity contribution in [2.75, 3.05) is 10.6 Å². The van der Waals surface area contributed by atoms with Crippen molar-refractivity contribution in [2.45, 2.75) is 20.4 Å². The molecule has 24 heavy (non-hydrogen) atoms. The Hall–Kier alpha value is -2.40. The molecule has 0 aliphatic heterocycles. The highest BCUT2D eigenvalue weighted by atomic mass is 79.9. The van der Waals surface area contributed by atoms with Crippen molar-refractivity contribution in [3.8, 4) is 0 Å². The van der Waals surface area contributed by atoms with E-state index in [1.807, 2.05) is 37.3 Å². The summed E-state index contributed by atoms with van der Waals surface area (Å²) in [7, 11) is 0. The monoisotopic (exact) mass is 382 g/mol. The quantitative estimate of drug-likeness (QED) is 0.635. The summed E-state index contributed by atoms with van der Waals surface area (Å²) in [5, 5.41) is 6.61. The van der Waals surface area contributed by atoms with Crippen LogP contribution in [0.2, 0.25) is 0 Å². The van der Waals surface area contributed by atoms with Gasteiger partial charge in [0.05, 0.1) is 0 Å². The molecule has 4 nitrogen and oxygen atoms in total. The Morgan fingerprint density at radius 3 is 2.58 bits per heavy atom. The third kappa shape index (κ3) is 4.55. The highest BCUT2D eigenvalue weighted by molar-refractivity contribution is 9.10. The van der Waals surface area contributed by atoms with Gasteiger partial charge in [0.2, 0.25) is 5.95 Å². The minimum Gasteiger partial charge on any atom is -0.366 e. The summed E-state index contributed by atoms with van der Waals surface area (Å²) in [6.45, 7) is 4.79. The second-order valence-corrected chi connectivity index (χ2v) is 6.61. The topological polar surface area (TPSA) is 49.8 Å². The number of halogens is 1. The fourth-order valence-corrected chi connectivity index (χ4v) is 2.82. The van der Waals surface area contributed by atoms with E-state index in [2.05, 4.69) is 67.7 Å². The maximum atomic E-state index is 4.55. The first-order valence-electron chi connectivity index (χ1n) is 7.76. The van der Waals surface area contributed by atoms with Crippen LogP contribution in [0, 0.1) is 13.8 Å². The molecule has 0 fully saturated rings. The van der Waals surface area contributed by atoms with Gasteiger partial charge in [0.25, 0.3) is 0 Å². The normalized spacial score (nSPS) is 10.5. The summed E-state index contributed by atoms with van der Waals surface area (Å²) >= 11 is 3.47. The summed E-state index contributed by atoms with van der Waals surface area (Å²) in [4.78, 5) is 9.00. The standard InChI is InChI=1S/C19H19BrN4/c1-13-5-3-6-15(9-13)12-21-18-10-14(2)22-19(24-18)23-17-8-4-7-16(20)11-17/h3-11H,12H2,1-2H3,(H2,21,22,23,24). The van der Waals surface area contributed by atoms with Crippen LogP contribution in [0.25, 0.3) is 0 Å². The first kappa shape index (κ1) is 16.5. The van der Waals surface area contributed by atoms with Crippen molar-refractivity contribution in [3.05, 3.63) is 75.9 Å². The third-order valence-corrected chi connectivity index (χ3v) is 3.98. The van der Waals surface area contributed by atoms with Crippen LogP contribution in [-0.2, 0) is 6.54 Å². The molecule has 3 aromatic rings. The Labute approximate surface area is 150 Å². The van der Waals surface area contributed by atoms with Gasteiger partial charge in [0.15, 0.2) is 0 Å². The predicted octanol–water partition coefficient (Wildman–Crippen LogP) is 5.21. The van der Waals surface area contributed by atoms with Gasteiger partial charge in [-0.2, -0.15) is 4.98 Å². The largest absolute Gasteiger partial charge is 0.366 e. The highest BCUT2D eigenvalue weighted by Crippen LogP contribution is 2.20. The van der Waals surface area contributed by atoms with E-state index in [1.54, 1.807) is 0 Å². The number of aromatic nitrogens is 2. The zero-order chi connectivity index (χ0) is 16.9. The van der Waals surface area contributed by atoms with E-state index >= 15 is 0 Å². The average molecular weight is 383 g/mol. The summed E-state index contributed by atoms with van der Waals surface area (Å²) in [6.07, 6.45) is 0. The van der Waals surface area contributed by atoms with Crippen LogP contribution in [0.3, 0.4) is 0 Å². The summed E-state index contributed by atoms with van der Waals surface area (Å²) in [6, 6.07) is 18.3. The van der Waals surface area contributed by atoms with E-state index in [-0.39, 0.29) is 0 Å². The molecule has 0 unspecified atom stereocenters. The lowest BCUT2D eigenvalue weighted by molar-refractivity contribution is 1.06. The van der Waals surface area contributed by atoms with Crippen molar-refractivity contribution in [2.24, 2.45) is 0 Å². The first-order valence-corrected chi connectivity index (χ1v) is 8.55. The smallest absolute Gasteiger partial charge is 0.229 e. The molecule has 0 saturated carbocycles. The Bertz CT molecular complexity index is 848. The zero-order valence-electron chi connectivity index (χ0n) is 13.7. The molecule has 5 heteroatoms. The van der Waals surface area contributed by atoms with E-state index in [0.29, 0.717) is 5.95 Å². The molecule has 0 aliphatic rings. The fourth-order valence-electron chi connectivity index (χ4n) is 2.43. The Balaban J connectivity index is 1.73. The van der Waals surface area contributed by atoms with E-state index in [9.17, 15) is 0 Å². The van der Waals surface area contributed by atoms with Gasteiger partial charge in [-0.05, 0) is 37.6 Å². The van der Waals surface area contributed by atoms with Crippen molar-refractivity contribution in [1.29, 1.82) is 0 Å². The van der Waals surface area contributed by atoms with Crippen LogP contribution in [-0.4, -0.2) is 9.97 Å². The summed E-state index contributed by atoms with van der Waals surface area (Å²) in [5.74, 6) is 1.39. The van der Waals surface area contributed by atoms with E-state index in [4.69, 9.17) is 0 Å². The SMILES string of the molecule is Cc1cccc(CNc2cc(C)nc(Nc3cccc(Br)c3)n2)c1. The molecular formula is C19H19BrN4. The Morgan fingerprint density at radius 1 is 0.958 bits per heavy atom. The Morgan fingerprint density at radius 2 is 1.79 bits per heavy atom. The van der Waals surface area contributed by atoms with Crippen molar-refractivity contribution in [3.63, 3.8) is 0 Å². The van der Waals surface area contributed by atoms with Gasteiger partial charge in [-0.25, -0.2) is 4.98 Å². The lowest BCUT2D eigenvalue weighted by Crippen LogP contribution is -2.05. The molecule has 0 atom stereocenters. The molecule has 0 amide bonds. The molecule has 2 aromatic carbocycles. The van der Waals surface area contributed by atoms with Crippen LogP contribution in [0.15, 0.2) is 59.1 Å². The lowest BCUT2D eigenvalue weighted by atomic mass is 10.1. The second-order valence-electron chi connectivity index (χ2n) is 5.70. The van der Waals surface area contributed by atoms with Gasteiger partial charge >= 0.3 is 0 Å². The van der Waals surface area contributed by atoms with Crippen molar-refractivity contribution < 1.29 is 0 Å². The molecule has 0 spiro atoms. The molecule has 1 aromatic heterocycles. The molecule has 2 N–H and O–H groups in total. The second kappa shape index (κ2) is 7.45. The predicted molar refractivity (Wildman–Crippen MR) is 103 cm³/mol. The molecule has 1 heterocycles. The highest BCUT2D eigenvalue weighted by Gasteiger charge is 2.04. The molecular weight excluding hydrogens is 364 g/mol. The van der Waals surface area contributed by atoms with Gasteiger partial charge in [-0.3, -0.25) is 0 Å². The number of hydrogen-bond acceptors (Lipinski definition) is 4. The number of rotatable bonds is 5. The van der Waals surface area contributed by atoms with Crippen molar-refractivity contribution >= 4 is 33.4 Å². The van der Waals surface area contributed by atoms with Gasteiger partial charge in [-0.15, -0.1) is 0 Å². The van der Waals surface area contributed by atoms with Gasteiger partial charge in [-0.1, -0.05) is 51.8 Å². The maximum absolute atomic E-state index is 4.55. The van der Waals surface area contributed by atoms with Gasteiger partial charge in [0.1, 0.15) is 5.82 Å². The van der Waals surface area contributed by atoms with Gasteiger partial charge in [0, 0.05) is 28.5 Å². The molecule has 3 rings (SSSR count). The van der Waals surface area contributed by atoms with Crippen LogP contribution < -0.4 is 10.6 Å².